The maximum Gasteiger partial charge on any atom is 0.331 e. The zero-order chi connectivity index (χ0) is 20.4. The van der Waals surface area contributed by atoms with E-state index in [-0.39, 0.29) is 30.6 Å². The number of amides is 1. The highest BCUT2D eigenvalue weighted by Crippen LogP contribution is 2.24. The molecule has 1 fully saturated rings. The maximum atomic E-state index is 13.3. The topological polar surface area (TPSA) is 73.5 Å². The van der Waals surface area contributed by atoms with Crippen LogP contribution in [0.1, 0.15) is 18.5 Å². The maximum absolute atomic E-state index is 13.3. The predicted molar refractivity (Wildman–Crippen MR) is 110 cm³/mol. The summed E-state index contributed by atoms with van der Waals surface area (Å²) < 4.78 is 8.18. The first kappa shape index (κ1) is 19.1. The number of hydrogen-bond acceptors (Lipinski definition) is 4. The molecule has 0 saturated carbocycles. The highest BCUT2D eigenvalue weighted by molar-refractivity contribution is 5.82. The summed E-state index contributed by atoms with van der Waals surface area (Å²) >= 11 is 0. The summed E-state index contributed by atoms with van der Waals surface area (Å²) in [6, 6.07) is 16.5. The SMILES string of the molecule is CCn1c(=O)c2ccccc2n(CC(=O)N2CCOCC2c2ccccc2)c1=O. The summed E-state index contributed by atoms with van der Waals surface area (Å²) in [6.45, 7) is 3.21. The zero-order valence-corrected chi connectivity index (χ0v) is 16.3. The third-order valence-corrected chi connectivity index (χ3v) is 5.37. The van der Waals surface area contributed by atoms with Crippen LogP contribution >= 0.6 is 0 Å². The number of carbonyl (C=O) groups excluding carboxylic acids is 1. The van der Waals surface area contributed by atoms with Crippen LogP contribution in [0.25, 0.3) is 10.9 Å². The summed E-state index contributed by atoms with van der Waals surface area (Å²) in [6.07, 6.45) is 0. The third kappa shape index (κ3) is 3.49. The summed E-state index contributed by atoms with van der Waals surface area (Å²) in [5.41, 5.74) is 0.681. The molecule has 2 aromatic carbocycles. The normalized spacial score (nSPS) is 16.9. The van der Waals surface area contributed by atoms with Gasteiger partial charge in [0.15, 0.2) is 0 Å². The van der Waals surface area contributed by atoms with Crippen LogP contribution in [-0.4, -0.2) is 39.7 Å². The fourth-order valence-electron chi connectivity index (χ4n) is 3.88. The van der Waals surface area contributed by atoms with Gasteiger partial charge in [0, 0.05) is 13.1 Å². The first-order valence-corrected chi connectivity index (χ1v) is 9.76. The van der Waals surface area contributed by atoms with Crippen LogP contribution in [0.15, 0.2) is 64.2 Å². The Morgan fingerprint density at radius 1 is 1.03 bits per heavy atom. The van der Waals surface area contributed by atoms with Gasteiger partial charge in [0.05, 0.1) is 30.2 Å². The van der Waals surface area contributed by atoms with Crippen molar-refractivity contribution in [3.05, 3.63) is 81.0 Å². The molecule has 2 heterocycles. The van der Waals surface area contributed by atoms with Crippen molar-refractivity contribution in [2.75, 3.05) is 19.8 Å². The molecule has 4 rings (SSSR count). The third-order valence-electron chi connectivity index (χ3n) is 5.37. The van der Waals surface area contributed by atoms with E-state index in [0.29, 0.717) is 30.7 Å². The lowest BCUT2D eigenvalue weighted by molar-refractivity contribution is -0.140. The Hall–Kier alpha value is -3.19. The van der Waals surface area contributed by atoms with E-state index >= 15 is 0 Å². The van der Waals surface area contributed by atoms with Gasteiger partial charge in [-0.25, -0.2) is 4.79 Å². The molecule has 29 heavy (non-hydrogen) atoms. The fraction of sp³-hybridized carbons (Fsp3) is 0.318. The minimum atomic E-state index is -0.464. The van der Waals surface area contributed by atoms with E-state index in [4.69, 9.17) is 4.74 Å². The molecule has 1 aliphatic rings. The Morgan fingerprint density at radius 3 is 2.52 bits per heavy atom. The van der Waals surface area contributed by atoms with E-state index in [0.717, 1.165) is 5.56 Å². The van der Waals surface area contributed by atoms with Crippen LogP contribution in [0, 0.1) is 0 Å². The van der Waals surface area contributed by atoms with Crippen molar-refractivity contribution in [1.82, 2.24) is 14.0 Å². The molecule has 0 bridgehead atoms. The lowest BCUT2D eigenvalue weighted by Gasteiger charge is -2.36. The molecular weight excluding hydrogens is 370 g/mol. The molecule has 3 aromatic rings. The minimum absolute atomic E-state index is 0.122. The number of nitrogens with zero attached hydrogens (tertiary/aromatic N) is 3. The van der Waals surface area contributed by atoms with Crippen molar-refractivity contribution in [1.29, 1.82) is 0 Å². The molecule has 7 nitrogen and oxygen atoms in total. The zero-order valence-electron chi connectivity index (χ0n) is 16.3. The molecule has 1 saturated heterocycles. The number of fused-ring (bicyclic) bond motifs is 1. The fourth-order valence-corrected chi connectivity index (χ4v) is 3.88. The van der Waals surface area contributed by atoms with Crippen molar-refractivity contribution in [2.45, 2.75) is 26.1 Å². The van der Waals surface area contributed by atoms with Crippen molar-refractivity contribution in [2.24, 2.45) is 0 Å². The second kappa shape index (κ2) is 8.05. The molecule has 1 atom stereocenters. The van der Waals surface area contributed by atoms with Crippen LogP contribution in [0.4, 0.5) is 0 Å². The second-order valence-electron chi connectivity index (χ2n) is 7.02. The second-order valence-corrected chi connectivity index (χ2v) is 7.02. The lowest BCUT2D eigenvalue weighted by atomic mass is 10.0. The summed E-state index contributed by atoms with van der Waals surface area (Å²) in [5.74, 6) is -0.171. The smallest absolute Gasteiger partial charge is 0.331 e. The number of benzene rings is 2. The molecule has 1 aliphatic heterocycles. The van der Waals surface area contributed by atoms with Crippen molar-refractivity contribution >= 4 is 16.8 Å². The van der Waals surface area contributed by atoms with E-state index in [1.165, 1.54) is 9.13 Å². The van der Waals surface area contributed by atoms with Crippen molar-refractivity contribution in [3.8, 4) is 0 Å². The Kier molecular flexibility index (Phi) is 5.31. The quantitative estimate of drug-likeness (QED) is 0.677. The Morgan fingerprint density at radius 2 is 1.76 bits per heavy atom. The number of aromatic nitrogens is 2. The largest absolute Gasteiger partial charge is 0.377 e. The van der Waals surface area contributed by atoms with Crippen LogP contribution in [0.3, 0.4) is 0 Å². The van der Waals surface area contributed by atoms with E-state index in [1.54, 1.807) is 36.1 Å². The number of ether oxygens (including phenoxy) is 1. The summed E-state index contributed by atoms with van der Waals surface area (Å²) in [5, 5.41) is 0.434. The first-order chi connectivity index (χ1) is 14.1. The van der Waals surface area contributed by atoms with Crippen molar-refractivity contribution in [3.63, 3.8) is 0 Å². The number of rotatable bonds is 4. The number of hydrogen-bond donors (Lipinski definition) is 0. The monoisotopic (exact) mass is 393 g/mol. The van der Waals surface area contributed by atoms with Gasteiger partial charge >= 0.3 is 5.69 Å². The minimum Gasteiger partial charge on any atom is -0.377 e. The van der Waals surface area contributed by atoms with Gasteiger partial charge in [-0.2, -0.15) is 0 Å². The van der Waals surface area contributed by atoms with Gasteiger partial charge in [-0.3, -0.25) is 18.7 Å². The Labute approximate surface area is 167 Å². The van der Waals surface area contributed by atoms with Crippen LogP contribution in [0.2, 0.25) is 0 Å². The van der Waals surface area contributed by atoms with Crippen LogP contribution in [0.5, 0.6) is 0 Å². The van der Waals surface area contributed by atoms with E-state index in [9.17, 15) is 14.4 Å². The molecule has 7 heteroatoms. The molecule has 0 spiro atoms. The molecule has 0 radical (unpaired) electrons. The average molecular weight is 393 g/mol. The molecule has 1 amide bonds. The van der Waals surface area contributed by atoms with E-state index in [1.807, 2.05) is 30.3 Å². The van der Waals surface area contributed by atoms with Gasteiger partial charge in [-0.05, 0) is 24.6 Å². The van der Waals surface area contributed by atoms with E-state index in [2.05, 4.69) is 0 Å². The van der Waals surface area contributed by atoms with Gasteiger partial charge in [-0.1, -0.05) is 42.5 Å². The molecular formula is C22H23N3O4. The number of para-hydroxylation sites is 1. The van der Waals surface area contributed by atoms with Gasteiger partial charge in [0.1, 0.15) is 6.54 Å². The van der Waals surface area contributed by atoms with Crippen LogP contribution < -0.4 is 11.2 Å². The summed E-state index contributed by atoms with van der Waals surface area (Å²) in [7, 11) is 0. The Balaban J connectivity index is 1.74. The molecule has 0 N–H and O–H groups in total. The highest BCUT2D eigenvalue weighted by Gasteiger charge is 2.29. The van der Waals surface area contributed by atoms with E-state index < -0.39 is 5.69 Å². The van der Waals surface area contributed by atoms with Gasteiger partial charge in [0.25, 0.3) is 5.56 Å². The summed E-state index contributed by atoms with van der Waals surface area (Å²) in [4.78, 5) is 40.6. The average Bonchev–Trinajstić information content (AvgIpc) is 2.77. The van der Waals surface area contributed by atoms with Gasteiger partial charge in [0.2, 0.25) is 5.91 Å². The standard InChI is InChI=1S/C22H23N3O4/c1-2-23-21(27)17-10-6-7-11-18(17)25(22(23)28)14-20(26)24-12-13-29-15-19(24)16-8-4-3-5-9-16/h3-11,19H,2,12-15H2,1H3. The predicted octanol–water partition coefficient (Wildman–Crippen LogP) is 1.78. The highest BCUT2D eigenvalue weighted by atomic mass is 16.5. The molecule has 150 valence electrons. The molecule has 0 aliphatic carbocycles. The van der Waals surface area contributed by atoms with Crippen LogP contribution in [-0.2, 0) is 22.6 Å². The van der Waals surface area contributed by atoms with Gasteiger partial charge in [-0.15, -0.1) is 0 Å². The number of morpholine rings is 1. The molecule has 1 aromatic heterocycles. The lowest BCUT2D eigenvalue weighted by Crippen LogP contribution is -2.47. The number of carbonyl (C=O) groups is 1. The Bertz CT molecular complexity index is 1150. The first-order valence-electron chi connectivity index (χ1n) is 9.76. The van der Waals surface area contributed by atoms with Crippen molar-refractivity contribution < 1.29 is 9.53 Å². The molecule has 1 unspecified atom stereocenters. The van der Waals surface area contributed by atoms with Gasteiger partial charge < -0.3 is 9.64 Å².